The van der Waals surface area contributed by atoms with Crippen molar-refractivity contribution in [2.75, 3.05) is 11.9 Å². The maximum atomic E-state index is 12.3. The summed E-state index contributed by atoms with van der Waals surface area (Å²) in [7, 11) is 0. The van der Waals surface area contributed by atoms with E-state index in [1.165, 1.54) is 0 Å². The molecule has 0 bridgehead atoms. The molecule has 1 fully saturated rings. The molecule has 3 heterocycles. The normalized spacial score (nSPS) is 20.7. The number of hydrogen-bond acceptors (Lipinski definition) is 5. The lowest BCUT2D eigenvalue weighted by molar-refractivity contribution is -0.120. The summed E-state index contributed by atoms with van der Waals surface area (Å²) in [6, 6.07) is 10.2. The fraction of sp³-hybridized carbons (Fsp3) is 0.348. The van der Waals surface area contributed by atoms with Crippen LogP contribution in [0, 0.1) is 5.92 Å². The van der Waals surface area contributed by atoms with Crippen molar-refractivity contribution in [3.05, 3.63) is 41.4 Å². The van der Waals surface area contributed by atoms with Gasteiger partial charge in [-0.05, 0) is 55.7 Å². The molecule has 2 atom stereocenters. The van der Waals surface area contributed by atoms with Crippen molar-refractivity contribution in [3.63, 3.8) is 0 Å². The van der Waals surface area contributed by atoms with Crippen LogP contribution in [0.1, 0.15) is 32.8 Å². The Balaban J connectivity index is 1.51. The topological polar surface area (TPSA) is 80.3 Å². The molecular formula is C23H23N3O3S. The zero-order chi connectivity index (χ0) is 21.0. The highest BCUT2D eigenvalue weighted by Gasteiger charge is 2.38. The third-order valence-corrected chi connectivity index (χ3v) is 7.08. The molecule has 7 heteroatoms. The lowest BCUT2D eigenvalue weighted by atomic mass is 9.85. The van der Waals surface area contributed by atoms with E-state index in [0.29, 0.717) is 13.0 Å². The summed E-state index contributed by atoms with van der Waals surface area (Å²) in [5.74, 6) is 1.03. The fourth-order valence-electron chi connectivity index (χ4n) is 4.22. The number of amides is 2. The molecule has 2 N–H and O–H groups in total. The van der Waals surface area contributed by atoms with E-state index in [9.17, 15) is 9.59 Å². The predicted molar refractivity (Wildman–Crippen MR) is 118 cm³/mol. The summed E-state index contributed by atoms with van der Waals surface area (Å²) in [5, 5.41) is 5.87. The van der Waals surface area contributed by atoms with Gasteiger partial charge in [0.1, 0.15) is 11.9 Å². The van der Waals surface area contributed by atoms with Gasteiger partial charge in [-0.15, -0.1) is 11.3 Å². The van der Waals surface area contributed by atoms with E-state index in [1.54, 1.807) is 11.3 Å². The van der Waals surface area contributed by atoms with E-state index in [4.69, 9.17) is 4.74 Å². The van der Waals surface area contributed by atoms with E-state index in [2.05, 4.69) is 15.6 Å². The van der Waals surface area contributed by atoms with Gasteiger partial charge in [0.2, 0.25) is 11.8 Å². The summed E-state index contributed by atoms with van der Waals surface area (Å²) >= 11 is 1.55. The van der Waals surface area contributed by atoms with Crippen LogP contribution in [0.5, 0.6) is 5.75 Å². The summed E-state index contributed by atoms with van der Waals surface area (Å²) in [6.07, 6.45) is 0.400. The molecule has 30 heavy (non-hydrogen) atoms. The van der Waals surface area contributed by atoms with Crippen molar-refractivity contribution in [2.45, 2.75) is 38.7 Å². The average molecular weight is 422 g/mol. The number of aromatic nitrogens is 1. The van der Waals surface area contributed by atoms with Crippen LogP contribution in [0.2, 0.25) is 0 Å². The summed E-state index contributed by atoms with van der Waals surface area (Å²) < 4.78 is 7.33. The van der Waals surface area contributed by atoms with Crippen molar-refractivity contribution >= 4 is 39.1 Å². The van der Waals surface area contributed by atoms with E-state index >= 15 is 0 Å². The number of nitrogens with zero attached hydrogens (tertiary/aromatic N) is 1. The van der Waals surface area contributed by atoms with Crippen LogP contribution in [0.15, 0.2) is 35.8 Å². The Morgan fingerprint density at radius 2 is 2.03 bits per heavy atom. The molecule has 2 aliphatic rings. The highest BCUT2D eigenvalue weighted by Crippen LogP contribution is 2.41. The monoisotopic (exact) mass is 421 g/mol. The van der Waals surface area contributed by atoms with Crippen molar-refractivity contribution in [2.24, 2.45) is 5.92 Å². The highest BCUT2D eigenvalue weighted by molar-refractivity contribution is 7.17. The molecule has 5 rings (SSSR count). The molecule has 154 valence electrons. The van der Waals surface area contributed by atoms with Gasteiger partial charge in [0.25, 0.3) is 0 Å². The molecule has 0 radical (unpaired) electrons. The first-order valence-corrected chi connectivity index (χ1v) is 11.0. The number of fused-ring (bicyclic) bond motifs is 2. The molecule has 1 saturated heterocycles. The zero-order valence-electron chi connectivity index (χ0n) is 17.1. The van der Waals surface area contributed by atoms with E-state index < -0.39 is 5.41 Å². The van der Waals surface area contributed by atoms with Crippen LogP contribution in [-0.4, -0.2) is 29.4 Å². The van der Waals surface area contributed by atoms with Gasteiger partial charge in [0.15, 0.2) is 0 Å². The Morgan fingerprint density at radius 3 is 2.80 bits per heavy atom. The number of thiazole rings is 1. The third-order valence-electron chi connectivity index (χ3n) is 6.23. The molecular weight excluding hydrogens is 398 g/mol. The molecule has 2 amide bonds. The molecule has 0 saturated carbocycles. The standard InChI is InChI=1S/C23H23N3O3S/c1-12(15-9-20(27)24-10-15)29-19-8-14(7-18-21(19)30-11-25-18)13-4-5-16-17(6-13)26-22(28)23(16,2)3/h4-8,11-12,15H,9-10H2,1-3H3,(H,24,27)(H,26,28)/t12-,15?/m1/s1. The van der Waals surface area contributed by atoms with Gasteiger partial charge in [0, 0.05) is 24.6 Å². The second-order valence-electron chi connectivity index (χ2n) is 8.61. The van der Waals surface area contributed by atoms with Crippen LogP contribution < -0.4 is 15.4 Å². The van der Waals surface area contributed by atoms with Crippen molar-refractivity contribution in [1.29, 1.82) is 0 Å². The Hall–Kier alpha value is -2.93. The number of nitrogens with one attached hydrogen (secondary N) is 2. The molecule has 6 nitrogen and oxygen atoms in total. The molecule has 1 aromatic heterocycles. The van der Waals surface area contributed by atoms with Crippen molar-refractivity contribution < 1.29 is 14.3 Å². The van der Waals surface area contributed by atoms with Gasteiger partial charge >= 0.3 is 0 Å². The van der Waals surface area contributed by atoms with Crippen LogP contribution in [0.25, 0.3) is 21.3 Å². The number of ether oxygens (including phenoxy) is 1. The molecule has 0 aliphatic carbocycles. The molecule has 1 unspecified atom stereocenters. The number of carbonyl (C=O) groups excluding carboxylic acids is 2. The number of carbonyl (C=O) groups is 2. The van der Waals surface area contributed by atoms with Gasteiger partial charge in [-0.1, -0.05) is 12.1 Å². The average Bonchev–Trinajstić information content (AvgIpc) is 3.40. The minimum Gasteiger partial charge on any atom is -0.489 e. The van der Waals surface area contributed by atoms with Gasteiger partial charge in [-0.25, -0.2) is 4.98 Å². The first-order chi connectivity index (χ1) is 14.3. The fourth-order valence-corrected chi connectivity index (χ4v) is 4.95. The Kier molecular flexibility index (Phi) is 4.32. The molecule has 2 aromatic carbocycles. The van der Waals surface area contributed by atoms with Gasteiger partial charge in [-0.2, -0.15) is 0 Å². The van der Waals surface area contributed by atoms with Gasteiger partial charge in [0.05, 0.1) is 21.1 Å². The second kappa shape index (κ2) is 6.80. The lowest BCUT2D eigenvalue weighted by Gasteiger charge is -2.20. The first kappa shape index (κ1) is 19.1. The summed E-state index contributed by atoms with van der Waals surface area (Å²) in [5.41, 5.74) is 6.02. The minimum absolute atomic E-state index is 0.0159. The van der Waals surface area contributed by atoms with Crippen LogP contribution >= 0.6 is 11.3 Å². The zero-order valence-corrected chi connectivity index (χ0v) is 17.9. The second-order valence-corrected chi connectivity index (χ2v) is 9.46. The van der Waals surface area contributed by atoms with E-state index in [-0.39, 0.29) is 23.8 Å². The smallest absolute Gasteiger partial charge is 0.234 e. The predicted octanol–water partition coefficient (Wildman–Crippen LogP) is 4.10. The number of hydrogen-bond donors (Lipinski definition) is 2. The van der Waals surface area contributed by atoms with E-state index in [0.717, 1.165) is 38.3 Å². The summed E-state index contributed by atoms with van der Waals surface area (Å²) in [6.45, 7) is 6.53. The maximum Gasteiger partial charge on any atom is 0.234 e. The van der Waals surface area contributed by atoms with Crippen molar-refractivity contribution in [1.82, 2.24) is 10.3 Å². The maximum absolute atomic E-state index is 12.3. The number of anilines is 1. The van der Waals surface area contributed by atoms with Gasteiger partial charge < -0.3 is 15.4 Å². The number of rotatable bonds is 4. The first-order valence-electron chi connectivity index (χ1n) is 10.1. The molecule has 0 spiro atoms. The Labute approximate surface area is 178 Å². The molecule has 2 aliphatic heterocycles. The highest BCUT2D eigenvalue weighted by atomic mass is 32.1. The van der Waals surface area contributed by atoms with Crippen LogP contribution in [0.4, 0.5) is 5.69 Å². The quantitative estimate of drug-likeness (QED) is 0.665. The summed E-state index contributed by atoms with van der Waals surface area (Å²) in [4.78, 5) is 28.4. The number of benzene rings is 2. The van der Waals surface area contributed by atoms with Crippen LogP contribution in [0.3, 0.4) is 0 Å². The van der Waals surface area contributed by atoms with Crippen molar-refractivity contribution in [3.8, 4) is 16.9 Å². The third kappa shape index (κ3) is 3.04. The minimum atomic E-state index is -0.525. The van der Waals surface area contributed by atoms with Crippen LogP contribution in [-0.2, 0) is 15.0 Å². The molecule has 3 aromatic rings. The SMILES string of the molecule is C[C@@H](Oc1cc(-c2ccc3c(c2)NC(=O)C3(C)C)cc2ncsc12)C1CNC(=O)C1. The van der Waals surface area contributed by atoms with E-state index in [1.807, 2.05) is 56.6 Å². The van der Waals surface area contributed by atoms with Gasteiger partial charge in [-0.3, -0.25) is 9.59 Å². The largest absolute Gasteiger partial charge is 0.489 e. The Bertz CT molecular complexity index is 1180. The Morgan fingerprint density at radius 1 is 1.20 bits per heavy atom. The lowest BCUT2D eigenvalue weighted by Crippen LogP contribution is -2.26.